The normalized spacial score (nSPS) is 34.6. The molecule has 222 valence electrons. The lowest BCUT2D eigenvalue weighted by atomic mass is 9.46. The highest BCUT2D eigenvalue weighted by atomic mass is 16.5. The molecule has 0 spiro atoms. The molecule has 4 aliphatic rings. The van der Waals surface area contributed by atoms with Crippen molar-refractivity contribution in [2.75, 3.05) is 13.2 Å². The minimum atomic E-state index is -1.54. The first kappa shape index (κ1) is 30.4. The maximum atomic E-state index is 13.3. The number of amides is 1. The van der Waals surface area contributed by atoms with Gasteiger partial charge in [0.25, 0.3) is 0 Å². The molecule has 40 heavy (non-hydrogen) atoms. The highest BCUT2D eigenvalue weighted by Gasteiger charge is 2.66. The number of hydrogen-bond acceptors (Lipinski definition) is 7. The van der Waals surface area contributed by atoms with Crippen LogP contribution in [0.25, 0.3) is 0 Å². The van der Waals surface area contributed by atoms with E-state index in [1.165, 1.54) is 5.57 Å². The molecule has 0 aromatic carbocycles. The number of esters is 1. The number of allylic oxidation sites excluding steroid dienone is 1. The van der Waals surface area contributed by atoms with Gasteiger partial charge in [-0.05, 0) is 87.0 Å². The molecule has 0 radical (unpaired) electrons. The van der Waals surface area contributed by atoms with Crippen LogP contribution in [0.2, 0.25) is 0 Å². The molecule has 3 N–H and O–H groups in total. The van der Waals surface area contributed by atoms with Crippen LogP contribution in [0.15, 0.2) is 11.6 Å². The van der Waals surface area contributed by atoms with E-state index in [-0.39, 0.29) is 42.3 Å². The molecule has 0 aromatic rings. The van der Waals surface area contributed by atoms with Crippen LogP contribution in [0.4, 0.5) is 0 Å². The lowest BCUT2D eigenvalue weighted by Gasteiger charge is -2.58. The number of Topliss-reactive ketones (excluding diaryl/α,β-unsaturated/α-hetero) is 1. The Morgan fingerprint density at radius 3 is 2.45 bits per heavy atom. The fraction of sp³-hybridized carbons (Fsp3) is 0.774. The number of carboxylic acids is 1. The van der Waals surface area contributed by atoms with E-state index in [0.717, 1.165) is 38.5 Å². The van der Waals surface area contributed by atoms with Crippen molar-refractivity contribution >= 4 is 29.4 Å². The van der Waals surface area contributed by atoms with Gasteiger partial charge in [-0.3, -0.25) is 24.0 Å². The summed E-state index contributed by atoms with van der Waals surface area (Å²) in [6.45, 7) is 4.25. The van der Waals surface area contributed by atoms with Crippen molar-refractivity contribution in [2.45, 2.75) is 109 Å². The van der Waals surface area contributed by atoms with Gasteiger partial charge >= 0.3 is 11.9 Å². The van der Waals surface area contributed by atoms with Crippen LogP contribution in [0.1, 0.15) is 104 Å². The minimum absolute atomic E-state index is 0.0189. The lowest BCUT2D eigenvalue weighted by molar-refractivity contribution is -0.170. The summed E-state index contributed by atoms with van der Waals surface area (Å²) in [6, 6.07) is 0. The fourth-order valence-electron chi connectivity index (χ4n) is 8.48. The van der Waals surface area contributed by atoms with Crippen molar-refractivity contribution in [1.29, 1.82) is 0 Å². The summed E-state index contributed by atoms with van der Waals surface area (Å²) in [5, 5.41) is 23.1. The second kappa shape index (κ2) is 12.1. The van der Waals surface area contributed by atoms with Gasteiger partial charge < -0.3 is 20.3 Å². The third-order valence-electron chi connectivity index (χ3n) is 10.9. The van der Waals surface area contributed by atoms with Crippen molar-refractivity contribution in [3.05, 3.63) is 11.6 Å². The Morgan fingerprint density at radius 1 is 0.950 bits per heavy atom. The van der Waals surface area contributed by atoms with Crippen molar-refractivity contribution in [2.24, 2.45) is 28.6 Å². The van der Waals surface area contributed by atoms with Gasteiger partial charge in [0, 0.05) is 31.2 Å². The summed E-state index contributed by atoms with van der Waals surface area (Å²) in [5.74, 6) is -0.962. The van der Waals surface area contributed by atoms with Gasteiger partial charge in [-0.1, -0.05) is 25.8 Å². The highest BCUT2D eigenvalue weighted by Crippen LogP contribution is 2.67. The van der Waals surface area contributed by atoms with Gasteiger partial charge in [0.05, 0.1) is 6.42 Å². The summed E-state index contributed by atoms with van der Waals surface area (Å²) < 4.78 is 5.22. The van der Waals surface area contributed by atoms with Gasteiger partial charge in [-0.2, -0.15) is 0 Å². The number of ether oxygens (including phenoxy) is 1. The first-order chi connectivity index (χ1) is 18.9. The zero-order chi connectivity index (χ0) is 29.1. The van der Waals surface area contributed by atoms with Crippen LogP contribution >= 0.6 is 0 Å². The number of fused-ring (bicyclic) bond motifs is 5. The number of nitrogens with one attached hydrogen (secondary N) is 1. The molecule has 0 saturated heterocycles. The van der Waals surface area contributed by atoms with E-state index >= 15 is 0 Å². The van der Waals surface area contributed by atoms with E-state index < -0.39 is 35.3 Å². The predicted molar refractivity (Wildman–Crippen MR) is 146 cm³/mol. The third kappa shape index (κ3) is 5.90. The molecule has 0 heterocycles. The first-order valence-electron chi connectivity index (χ1n) is 15.0. The maximum Gasteiger partial charge on any atom is 0.306 e. The number of carboxylic acid groups (broad SMARTS) is 1. The fourth-order valence-corrected chi connectivity index (χ4v) is 8.48. The average molecular weight is 560 g/mol. The minimum Gasteiger partial charge on any atom is -0.481 e. The van der Waals surface area contributed by atoms with E-state index in [9.17, 15) is 29.1 Å². The van der Waals surface area contributed by atoms with Crippen LogP contribution in [-0.2, 0) is 28.7 Å². The van der Waals surface area contributed by atoms with E-state index in [4.69, 9.17) is 9.84 Å². The highest BCUT2D eigenvalue weighted by molar-refractivity contribution is 5.92. The van der Waals surface area contributed by atoms with Crippen LogP contribution in [0, 0.1) is 28.6 Å². The summed E-state index contributed by atoms with van der Waals surface area (Å²) in [5.41, 5.74) is -0.815. The second-order valence-corrected chi connectivity index (χ2v) is 13.0. The number of hydrogen-bond donors (Lipinski definition) is 3. The number of carbonyl (C=O) groups is 5. The summed E-state index contributed by atoms with van der Waals surface area (Å²) >= 11 is 0. The third-order valence-corrected chi connectivity index (χ3v) is 10.9. The molecule has 4 rings (SSSR count). The summed E-state index contributed by atoms with van der Waals surface area (Å²) in [6.07, 6.45) is 9.79. The smallest absolute Gasteiger partial charge is 0.306 e. The molecule has 3 unspecified atom stereocenters. The van der Waals surface area contributed by atoms with Crippen LogP contribution < -0.4 is 5.32 Å². The predicted octanol–water partition coefficient (Wildman–Crippen LogP) is 3.90. The number of carbonyl (C=O) groups excluding carboxylic acids is 4. The van der Waals surface area contributed by atoms with Crippen LogP contribution in [0.5, 0.6) is 0 Å². The van der Waals surface area contributed by atoms with E-state index in [2.05, 4.69) is 12.2 Å². The van der Waals surface area contributed by atoms with Crippen molar-refractivity contribution in [1.82, 2.24) is 5.32 Å². The van der Waals surface area contributed by atoms with Crippen LogP contribution in [0.3, 0.4) is 0 Å². The quantitative estimate of drug-likeness (QED) is 0.241. The number of aliphatic hydroxyl groups is 1. The Kier molecular flexibility index (Phi) is 9.22. The zero-order valence-corrected chi connectivity index (χ0v) is 24.0. The van der Waals surface area contributed by atoms with Crippen molar-refractivity contribution in [3.63, 3.8) is 0 Å². The zero-order valence-electron chi connectivity index (χ0n) is 24.0. The number of unbranched alkanes of at least 4 members (excludes halogenated alkanes) is 2. The molecule has 6 atom stereocenters. The Balaban J connectivity index is 1.25. The summed E-state index contributed by atoms with van der Waals surface area (Å²) in [7, 11) is 0. The molecule has 4 aliphatic carbocycles. The van der Waals surface area contributed by atoms with Gasteiger partial charge in [0.1, 0.15) is 5.60 Å². The Hall–Kier alpha value is -2.55. The Labute approximate surface area is 236 Å². The molecule has 9 nitrogen and oxygen atoms in total. The SMILES string of the molecule is C[C@]12CCC(=O)C=C1CCC1C2CC[C@@]2(C)C1CC[C@]2(O)C(=O)COC(=O)CCC(=O)NCCCCCC(=O)O. The Bertz CT molecular complexity index is 1070. The van der Waals surface area contributed by atoms with Gasteiger partial charge in [0.15, 0.2) is 12.4 Å². The maximum absolute atomic E-state index is 13.3. The van der Waals surface area contributed by atoms with E-state index in [1.54, 1.807) is 0 Å². The molecule has 1 amide bonds. The van der Waals surface area contributed by atoms with Crippen molar-refractivity contribution < 1.29 is 38.9 Å². The monoisotopic (exact) mass is 559 g/mol. The number of rotatable bonds is 12. The summed E-state index contributed by atoms with van der Waals surface area (Å²) in [4.78, 5) is 60.2. The van der Waals surface area contributed by atoms with Crippen molar-refractivity contribution in [3.8, 4) is 0 Å². The van der Waals surface area contributed by atoms with Gasteiger partial charge in [-0.25, -0.2) is 0 Å². The molecule has 0 bridgehead atoms. The molecule has 3 saturated carbocycles. The van der Waals surface area contributed by atoms with Gasteiger partial charge in [0.2, 0.25) is 11.7 Å². The first-order valence-corrected chi connectivity index (χ1v) is 15.0. The van der Waals surface area contributed by atoms with Gasteiger partial charge in [-0.15, -0.1) is 0 Å². The Morgan fingerprint density at radius 2 is 1.70 bits per heavy atom. The largest absolute Gasteiger partial charge is 0.481 e. The standard InChI is InChI=1S/C31H45NO8/c1-29-14-11-21(33)18-20(29)7-8-22-23(29)12-15-30(2)24(22)13-16-31(30,39)25(34)19-40-28(38)10-9-26(35)32-17-5-3-4-6-27(36)37/h18,22-24,39H,3-17,19H2,1-2H3,(H,32,35)(H,36,37)/t22?,23?,24?,29-,30-,31-/m0/s1. The number of aliphatic carboxylic acids is 1. The molecular weight excluding hydrogens is 514 g/mol. The molecule has 3 fully saturated rings. The van der Waals surface area contributed by atoms with E-state index in [0.29, 0.717) is 50.5 Å². The molecule has 9 heteroatoms. The van der Waals surface area contributed by atoms with E-state index in [1.807, 2.05) is 13.0 Å². The average Bonchev–Trinajstić information content (AvgIpc) is 3.19. The molecule has 0 aliphatic heterocycles. The number of ketones is 2. The van der Waals surface area contributed by atoms with Crippen LogP contribution in [-0.4, -0.2) is 58.4 Å². The lowest BCUT2D eigenvalue weighted by Crippen LogP contribution is -2.58. The molecule has 0 aromatic heterocycles. The topological polar surface area (TPSA) is 147 Å². The molecular formula is C31H45NO8. The second-order valence-electron chi connectivity index (χ2n) is 13.0.